The molecular weight excluding hydrogens is 306 g/mol. The topological polar surface area (TPSA) is 73.5 Å². The summed E-state index contributed by atoms with van der Waals surface area (Å²) in [5.41, 5.74) is 0.179. The highest BCUT2D eigenvalue weighted by molar-refractivity contribution is 5.95. The Morgan fingerprint density at radius 2 is 1.96 bits per heavy atom. The Morgan fingerprint density at radius 1 is 1.21 bits per heavy atom. The van der Waals surface area contributed by atoms with E-state index in [9.17, 15) is 14.4 Å². The highest BCUT2D eigenvalue weighted by atomic mass is 16.2. The Bertz CT molecular complexity index is 724. The first-order chi connectivity index (χ1) is 11.3. The lowest BCUT2D eigenvalue weighted by Crippen LogP contribution is -2.48. The van der Waals surface area contributed by atoms with Crippen LogP contribution in [0.2, 0.25) is 0 Å². The predicted octanol–water partition coefficient (Wildman–Crippen LogP) is 1.58. The van der Waals surface area contributed by atoms with E-state index in [2.05, 4.69) is 4.98 Å². The van der Waals surface area contributed by atoms with Gasteiger partial charge in [0.2, 0.25) is 5.91 Å². The number of nitrogens with zero attached hydrogens (tertiary/aromatic N) is 2. The van der Waals surface area contributed by atoms with Crippen LogP contribution in [0.1, 0.15) is 55.1 Å². The van der Waals surface area contributed by atoms with Crippen LogP contribution >= 0.6 is 0 Å². The summed E-state index contributed by atoms with van der Waals surface area (Å²) in [5.74, 6) is 0.0601. The van der Waals surface area contributed by atoms with E-state index in [0.29, 0.717) is 19.5 Å². The van der Waals surface area contributed by atoms with Gasteiger partial charge in [0.25, 0.3) is 11.5 Å². The molecule has 2 amide bonds. The molecule has 2 saturated heterocycles. The van der Waals surface area contributed by atoms with Crippen molar-refractivity contribution in [2.24, 2.45) is 5.41 Å². The molecule has 130 valence electrons. The first kappa shape index (κ1) is 16.7. The average Bonchev–Trinajstić information content (AvgIpc) is 2.97. The van der Waals surface area contributed by atoms with Crippen molar-refractivity contribution in [3.8, 4) is 0 Å². The van der Waals surface area contributed by atoms with Gasteiger partial charge < -0.3 is 14.8 Å². The molecule has 0 aliphatic carbocycles. The number of H-pyrrole nitrogens is 1. The Balaban J connectivity index is 1.80. The van der Waals surface area contributed by atoms with Gasteiger partial charge in [-0.2, -0.15) is 0 Å². The number of carbonyl (C=O) groups is 2. The lowest BCUT2D eigenvalue weighted by Gasteiger charge is -2.37. The molecule has 3 rings (SSSR count). The monoisotopic (exact) mass is 331 g/mol. The number of aromatic nitrogens is 1. The van der Waals surface area contributed by atoms with Gasteiger partial charge in [-0.05, 0) is 37.3 Å². The fourth-order valence-electron chi connectivity index (χ4n) is 3.86. The standard InChI is InChI=1S/C18H25N3O3/c1-12(2)14-6-5-13(15(22)19-14)16(23)21-10-8-18(11-21)7-4-9-20(3)17(18)24/h5-6,12H,4,7-11H2,1-3H3,(H,19,22). The second-order valence-corrected chi connectivity index (χ2v) is 7.40. The zero-order valence-corrected chi connectivity index (χ0v) is 14.6. The summed E-state index contributed by atoms with van der Waals surface area (Å²) in [7, 11) is 1.82. The highest BCUT2D eigenvalue weighted by Gasteiger charge is 2.48. The van der Waals surface area contributed by atoms with Crippen molar-refractivity contribution >= 4 is 11.8 Å². The largest absolute Gasteiger partial charge is 0.345 e. The Morgan fingerprint density at radius 3 is 2.62 bits per heavy atom. The van der Waals surface area contributed by atoms with Crippen LogP contribution < -0.4 is 5.56 Å². The third kappa shape index (κ3) is 2.74. The molecule has 1 unspecified atom stereocenters. The van der Waals surface area contributed by atoms with Crippen molar-refractivity contribution in [1.82, 2.24) is 14.8 Å². The minimum atomic E-state index is -0.451. The SMILES string of the molecule is CC(C)c1ccc(C(=O)N2CCC3(CCCN(C)C3=O)C2)c(=O)[nH]1. The van der Waals surface area contributed by atoms with Crippen molar-refractivity contribution in [2.75, 3.05) is 26.7 Å². The molecule has 1 spiro atoms. The van der Waals surface area contributed by atoms with Gasteiger partial charge >= 0.3 is 0 Å². The molecule has 24 heavy (non-hydrogen) atoms. The van der Waals surface area contributed by atoms with Crippen molar-refractivity contribution < 1.29 is 9.59 Å². The average molecular weight is 331 g/mol. The van der Waals surface area contributed by atoms with Crippen LogP contribution in [0.5, 0.6) is 0 Å². The van der Waals surface area contributed by atoms with E-state index in [1.54, 1.807) is 21.9 Å². The van der Waals surface area contributed by atoms with Gasteiger partial charge in [-0.3, -0.25) is 14.4 Å². The second kappa shape index (κ2) is 6.07. The van der Waals surface area contributed by atoms with Crippen LogP contribution in [0.3, 0.4) is 0 Å². The second-order valence-electron chi connectivity index (χ2n) is 7.40. The molecule has 0 radical (unpaired) electrons. The molecule has 1 atom stereocenters. The summed E-state index contributed by atoms with van der Waals surface area (Å²) in [4.78, 5) is 43.8. The fraction of sp³-hybridized carbons (Fsp3) is 0.611. The van der Waals surface area contributed by atoms with Gasteiger partial charge in [0.05, 0.1) is 5.41 Å². The number of rotatable bonds is 2. The van der Waals surface area contributed by atoms with Crippen LogP contribution in [0.4, 0.5) is 0 Å². The summed E-state index contributed by atoms with van der Waals surface area (Å²) in [6.07, 6.45) is 2.47. The summed E-state index contributed by atoms with van der Waals surface area (Å²) in [6, 6.07) is 3.40. The molecule has 6 nitrogen and oxygen atoms in total. The normalized spacial score (nSPS) is 24.2. The zero-order chi connectivity index (χ0) is 17.5. The molecule has 1 aromatic rings. The number of aromatic amines is 1. The molecule has 2 aliphatic heterocycles. The van der Waals surface area contributed by atoms with E-state index in [4.69, 9.17) is 0 Å². The fourth-order valence-corrected chi connectivity index (χ4v) is 3.86. The van der Waals surface area contributed by atoms with Crippen LogP contribution in [-0.2, 0) is 4.79 Å². The Kier molecular flexibility index (Phi) is 4.24. The molecule has 3 heterocycles. The van der Waals surface area contributed by atoms with Gasteiger partial charge in [0, 0.05) is 32.4 Å². The van der Waals surface area contributed by atoms with E-state index in [1.807, 2.05) is 20.9 Å². The summed E-state index contributed by atoms with van der Waals surface area (Å²) in [5, 5.41) is 0. The number of hydrogen-bond donors (Lipinski definition) is 1. The number of amides is 2. The third-order valence-electron chi connectivity index (χ3n) is 5.37. The number of likely N-dealkylation sites (tertiary alicyclic amines) is 2. The van der Waals surface area contributed by atoms with Crippen LogP contribution in [0.25, 0.3) is 0 Å². The van der Waals surface area contributed by atoms with Gasteiger partial charge in [-0.15, -0.1) is 0 Å². The van der Waals surface area contributed by atoms with Crippen molar-refractivity contribution in [3.05, 3.63) is 33.7 Å². The number of nitrogens with one attached hydrogen (secondary N) is 1. The van der Waals surface area contributed by atoms with E-state index < -0.39 is 5.41 Å². The molecule has 0 bridgehead atoms. The molecule has 0 aromatic carbocycles. The highest BCUT2D eigenvalue weighted by Crippen LogP contribution is 2.39. The first-order valence-corrected chi connectivity index (χ1v) is 8.62. The maximum atomic E-state index is 12.7. The number of pyridine rings is 1. The predicted molar refractivity (Wildman–Crippen MR) is 91.0 cm³/mol. The number of piperidine rings is 1. The smallest absolute Gasteiger partial charge is 0.261 e. The molecular formula is C18H25N3O3. The van der Waals surface area contributed by atoms with Crippen molar-refractivity contribution in [1.29, 1.82) is 0 Å². The van der Waals surface area contributed by atoms with Gasteiger partial charge in [0.1, 0.15) is 5.56 Å². The first-order valence-electron chi connectivity index (χ1n) is 8.62. The zero-order valence-electron chi connectivity index (χ0n) is 14.6. The molecule has 1 N–H and O–H groups in total. The molecule has 1 aromatic heterocycles. The van der Waals surface area contributed by atoms with E-state index >= 15 is 0 Å². The molecule has 0 saturated carbocycles. The summed E-state index contributed by atoms with van der Waals surface area (Å²) < 4.78 is 0. The molecule has 2 aliphatic rings. The molecule has 6 heteroatoms. The Labute approximate surface area is 141 Å². The Hall–Kier alpha value is -2.11. The number of carbonyl (C=O) groups excluding carboxylic acids is 2. The quantitative estimate of drug-likeness (QED) is 0.894. The number of hydrogen-bond acceptors (Lipinski definition) is 3. The molecule has 2 fully saturated rings. The lowest BCUT2D eigenvalue weighted by molar-refractivity contribution is -0.143. The maximum Gasteiger partial charge on any atom is 0.261 e. The summed E-state index contributed by atoms with van der Waals surface area (Å²) in [6.45, 7) is 5.71. The van der Waals surface area contributed by atoms with E-state index in [1.165, 1.54) is 0 Å². The van der Waals surface area contributed by atoms with Crippen molar-refractivity contribution in [3.63, 3.8) is 0 Å². The van der Waals surface area contributed by atoms with Crippen LogP contribution in [0, 0.1) is 5.41 Å². The summed E-state index contributed by atoms with van der Waals surface area (Å²) >= 11 is 0. The maximum absolute atomic E-state index is 12.7. The minimum Gasteiger partial charge on any atom is -0.345 e. The lowest BCUT2D eigenvalue weighted by atomic mass is 9.78. The minimum absolute atomic E-state index is 0.133. The van der Waals surface area contributed by atoms with E-state index in [0.717, 1.165) is 25.1 Å². The van der Waals surface area contributed by atoms with Gasteiger partial charge in [-0.1, -0.05) is 13.8 Å². The van der Waals surface area contributed by atoms with Gasteiger partial charge in [0.15, 0.2) is 0 Å². The third-order valence-corrected chi connectivity index (χ3v) is 5.37. The van der Waals surface area contributed by atoms with Crippen molar-refractivity contribution in [2.45, 2.75) is 39.0 Å². The van der Waals surface area contributed by atoms with E-state index in [-0.39, 0.29) is 28.9 Å². The van der Waals surface area contributed by atoms with Gasteiger partial charge in [-0.25, -0.2) is 0 Å². The van der Waals surface area contributed by atoms with Crippen LogP contribution in [-0.4, -0.2) is 53.3 Å². The van der Waals surface area contributed by atoms with Crippen LogP contribution in [0.15, 0.2) is 16.9 Å².